The average molecular weight is 403 g/mol. The molecule has 0 heterocycles. The summed E-state index contributed by atoms with van der Waals surface area (Å²) in [7, 11) is -2.97. The van der Waals surface area contributed by atoms with E-state index in [1.807, 2.05) is 0 Å². The van der Waals surface area contributed by atoms with E-state index >= 15 is 0 Å². The molecule has 0 aromatic heterocycles. The molecule has 2 rings (SSSR count). The third-order valence-electron chi connectivity index (χ3n) is 3.71. The van der Waals surface area contributed by atoms with Crippen molar-refractivity contribution in [1.82, 2.24) is 4.31 Å². The Hall–Kier alpha value is -2.39. The summed E-state index contributed by atoms with van der Waals surface area (Å²) in [5.41, 5.74) is -0.761. The van der Waals surface area contributed by atoms with Crippen molar-refractivity contribution in [3.63, 3.8) is 0 Å². The standard InChI is InChI=1S/C18H17F4NO3S/c1-3-9-23(12-13-7-8-17(26-2)16(19)10-13)27(24,25)15-6-4-5-14(11-15)18(20,21)22/h3-8,10-11H,1,9,12H2,2H3. The quantitative estimate of drug-likeness (QED) is 0.514. The van der Waals surface area contributed by atoms with E-state index in [0.29, 0.717) is 11.6 Å². The molecule has 9 heteroatoms. The van der Waals surface area contributed by atoms with Crippen LogP contribution in [0, 0.1) is 5.82 Å². The summed E-state index contributed by atoms with van der Waals surface area (Å²) in [4.78, 5) is -0.506. The molecule has 0 bridgehead atoms. The highest BCUT2D eigenvalue weighted by Crippen LogP contribution is 2.31. The van der Waals surface area contributed by atoms with Crippen LogP contribution in [0.25, 0.3) is 0 Å². The summed E-state index contributed by atoms with van der Waals surface area (Å²) in [6.07, 6.45) is -3.38. The molecule has 0 saturated heterocycles. The van der Waals surface area contributed by atoms with Crippen molar-refractivity contribution < 1.29 is 30.7 Å². The number of hydrogen-bond acceptors (Lipinski definition) is 3. The van der Waals surface area contributed by atoms with Crippen LogP contribution in [0.5, 0.6) is 5.75 Å². The molecule has 0 spiro atoms. The lowest BCUT2D eigenvalue weighted by Gasteiger charge is -2.21. The Labute approximate surface area is 154 Å². The van der Waals surface area contributed by atoms with Gasteiger partial charge in [0.1, 0.15) is 0 Å². The molecule has 2 aromatic carbocycles. The highest BCUT2D eigenvalue weighted by Gasteiger charge is 2.33. The van der Waals surface area contributed by atoms with Crippen LogP contribution in [0.3, 0.4) is 0 Å². The van der Waals surface area contributed by atoms with Gasteiger partial charge in [0.2, 0.25) is 10.0 Å². The van der Waals surface area contributed by atoms with Crippen molar-refractivity contribution in [2.75, 3.05) is 13.7 Å². The van der Waals surface area contributed by atoms with Crippen molar-refractivity contribution >= 4 is 10.0 Å². The molecular weight excluding hydrogens is 386 g/mol. The van der Waals surface area contributed by atoms with E-state index in [1.165, 1.54) is 25.3 Å². The minimum Gasteiger partial charge on any atom is -0.494 e. The Morgan fingerprint density at radius 2 is 1.89 bits per heavy atom. The molecule has 27 heavy (non-hydrogen) atoms. The number of rotatable bonds is 7. The first-order chi connectivity index (χ1) is 12.6. The summed E-state index contributed by atoms with van der Waals surface area (Å²) in [5, 5.41) is 0. The summed E-state index contributed by atoms with van der Waals surface area (Å²) >= 11 is 0. The van der Waals surface area contributed by atoms with E-state index in [0.717, 1.165) is 28.6 Å². The fourth-order valence-corrected chi connectivity index (χ4v) is 3.83. The minimum absolute atomic E-state index is 0.00486. The van der Waals surface area contributed by atoms with E-state index in [4.69, 9.17) is 4.74 Å². The van der Waals surface area contributed by atoms with Gasteiger partial charge in [-0.2, -0.15) is 17.5 Å². The van der Waals surface area contributed by atoms with Crippen LogP contribution in [0.2, 0.25) is 0 Å². The zero-order chi connectivity index (χ0) is 20.2. The molecule has 0 atom stereocenters. The van der Waals surface area contributed by atoms with Crippen LogP contribution in [0.15, 0.2) is 60.0 Å². The van der Waals surface area contributed by atoms with Crippen LogP contribution in [0.1, 0.15) is 11.1 Å². The lowest BCUT2D eigenvalue weighted by Crippen LogP contribution is -2.31. The Morgan fingerprint density at radius 1 is 1.19 bits per heavy atom. The first-order valence-electron chi connectivity index (χ1n) is 7.70. The SMILES string of the molecule is C=CCN(Cc1ccc(OC)c(F)c1)S(=O)(=O)c1cccc(C(F)(F)F)c1. The van der Waals surface area contributed by atoms with Gasteiger partial charge in [-0.05, 0) is 35.9 Å². The Morgan fingerprint density at radius 3 is 2.44 bits per heavy atom. The van der Waals surface area contributed by atoms with Gasteiger partial charge in [0.15, 0.2) is 11.6 Å². The second-order valence-electron chi connectivity index (χ2n) is 5.58. The van der Waals surface area contributed by atoms with E-state index in [-0.39, 0.29) is 18.8 Å². The van der Waals surface area contributed by atoms with Crippen LogP contribution in [-0.4, -0.2) is 26.4 Å². The zero-order valence-corrected chi connectivity index (χ0v) is 15.1. The number of halogens is 4. The smallest absolute Gasteiger partial charge is 0.416 e. The van der Waals surface area contributed by atoms with E-state index in [1.54, 1.807) is 0 Å². The second kappa shape index (κ2) is 8.10. The molecule has 146 valence electrons. The predicted octanol–water partition coefficient (Wildman–Crippen LogP) is 4.23. The number of sulfonamides is 1. The topological polar surface area (TPSA) is 46.6 Å². The van der Waals surface area contributed by atoms with E-state index in [2.05, 4.69) is 6.58 Å². The van der Waals surface area contributed by atoms with Crippen molar-refractivity contribution in [3.8, 4) is 5.75 Å². The number of alkyl halides is 3. The molecule has 0 amide bonds. The summed E-state index contributed by atoms with van der Waals surface area (Å²) < 4.78 is 83.9. The molecule has 0 fully saturated rings. The summed E-state index contributed by atoms with van der Waals surface area (Å²) in [5.74, 6) is -0.681. The van der Waals surface area contributed by atoms with Gasteiger partial charge in [-0.3, -0.25) is 0 Å². The molecule has 0 N–H and O–H groups in total. The summed E-state index contributed by atoms with van der Waals surface area (Å²) in [6, 6.07) is 7.38. The first kappa shape index (κ1) is 20.9. The predicted molar refractivity (Wildman–Crippen MR) is 92.2 cm³/mol. The van der Waals surface area contributed by atoms with E-state index < -0.39 is 32.5 Å². The maximum atomic E-state index is 13.9. The van der Waals surface area contributed by atoms with Gasteiger partial charge in [0, 0.05) is 13.1 Å². The second-order valence-corrected chi connectivity index (χ2v) is 7.52. The minimum atomic E-state index is -4.67. The highest BCUT2D eigenvalue weighted by atomic mass is 32.2. The van der Waals surface area contributed by atoms with Gasteiger partial charge in [0.25, 0.3) is 0 Å². The fourth-order valence-electron chi connectivity index (χ4n) is 2.39. The van der Waals surface area contributed by atoms with Gasteiger partial charge in [-0.25, -0.2) is 12.8 Å². The van der Waals surface area contributed by atoms with Crippen molar-refractivity contribution in [1.29, 1.82) is 0 Å². The largest absolute Gasteiger partial charge is 0.494 e. The third-order valence-corrected chi connectivity index (χ3v) is 5.51. The Kier molecular flexibility index (Phi) is 6.27. The number of methoxy groups -OCH3 is 1. The van der Waals surface area contributed by atoms with Crippen LogP contribution in [0.4, 0.5) is 17.6 Å². The summed E-state index contributed by atoms with van der Waals surface area (Å²) in [6.45, 7) is 3.07. The monoisotopic (exact) mass is 403 g/mol. The number of nitrogens with zero attached hydrogens (tertiary/aromatic N) is 1. The molecule has 0 aliphatic carbocycles. The third kappa shape index (κ3) is 4.86. The lowest BCUT2D eigenvalue weighted by molar-refractivity contribution is -0.137. The normalized spacial score (nSPS) is 12.2. The van der Waals surface area contributed by atoms with Gasteiger partial charge < -0.3 is 4.74 Å². The molecule has 2 aromatic rings. The number of hydrogen-bond donors (Lipinski definition) is 0. The van der Waals surface area contributed by atoms with E-state index in [9.17, 15) is 26.0 Å². The molecule has 0 aliphatic heterocycles. The van der Waals surface area contributed by atoms with Crippen molar-refractivity contribution in [2.45, 2.75) is 17.6 Å². The molecule has 0 saturated carbocycles. The molecule has 4 nitrogen and oxygen atoms in total. The van der Waals surface area contributed by atoms with Gasteiger partial charge in [-0.15, -0.1) is 6.58 Å². The zero-order valence-electron chi connectivity index (χ0n) is 14.3. The fraction of sp³-hybridized carbons (Fsp3) is 0.222. The van der Waals surface area contributed by atoms with Gasteiger partial charge in [-0.1, -0.05) is 18.2 Å². The van der Waals surface area contributed by atoms with Gasteiger partial charge in [0.05, 0.1) is 17.6 Å². The Bertz CT molecular complexity index is 926. The molecule has 0 radical (unpaired) electrons. The van der Waals surface area contributed by atoms with Gasteiger partial charge >= 0.3 is 6.18 Å². The molecule has 0 unspecified atom stereocenters. The van der Waals surface area contributed by atoms with Crippen molar-refractivity contribution in [3.05, 3.63) is 72.1 Å². The molecular formula is C18H17F4NO3S. The highest BCUT2D eigenvalue weighted by molar-refractivity contribution is 7.89. The maximum Gasteiger partial charge on any atom is 0.416 e. The lowest BCUT2D eigenvalue weighted by atomic mass is 10.2. The Balaban J connectivity index is 2.40. The molecule has 0 aliphatic rings. The van der Waals surface area contributed by atoms with Crippen LogP contribution < -0.4 is 4.74 Å². The average Bonchev–Trinajstić information content (AvgIpc) is 2.61. The number of benzene rings is 2. The van der Waals surface area contributed by atoms with Crippen LogP contribution >= 0.6 is 0 Å². The first-order valence-corrected chi connectivity index (χ1v) is 9.14. The van der Waals surface area contributed by atoms with Crippen molar-refractivity contribution in [2.24, 2.45) is 0 Å². The van der Waals surface area contributed by atoms with Crippen LogP contribution in [-0.2, 0) is 22.7 Å². The maximum absolute atomic E-state index is 13.9. The number of ether oxygens (including phenoxy) is 1.